The average Bonchev–Trinajstić information content (AvgIpc) is 2.94. The van der Waals surface area contributed by atoms with Crippen LogP contribution >= 0.6 is 34.3 Å². The number of hydrogen-bond donors (Lipinski definition) is 1. The topological polar surface area (TPSA) is 20.2 Å². The Hall–Kier alpha value is -0.940. The minimum Gasteiger partial charge on any atom is -0.387 e. The molecule has 0 fully saturated rings. The number of benzene rings is 1. The van der Waals surface area contributed by atoms with Crippen LogP contribution in [0.1, 0.15) is 16.5 Å². The van der Waals surface area contributed by atoms with Crippen LogP contribution in [-0.2, 0) is 6.42 Å². The van der Waals surface area contributed by atoms with Crippen molar-refractivity contribution < 1.29 is 9.50 Å². The van der Waals surface area contributed by atoms with E-state index in [-0.39, 0.29) is 5.02 Å². The Balaban J connectivity index is 1.82. The number of aliphatic hydroxyl groups excluding tert-OH is 1. The van der Waals surface area contributed by atoms with Crippen molar-refractivity contribution in [1.29, 1.82) is 0 Å². The first kappa shape index (κ1) is 13.1. The average molecular weight is 313 g/mol. The van der Waals surface area contributed by atoms with Crippen LogP contribution in [0.3, 0.4) is 0 Å². The first-order valence-corrected chi connectivity index (χ1v) is 7.80. The molecule has 1 nitrogen and oxygen atoms in total. The zero-order chi connectivity index (χ0) is 13.4. The molecule has 19 heavy (non-hydrogen) atoms. The van der Waals surface area contributed by atoms with Gasteiger partial charge < -0.3 is 5.11 Å². The molecule has 1 aromatic carbocycles. The maximum Gasteiger partial charge on any atom is 0.142 e. The summed E-state index contributed by atoms with van der Waals surface area (Å²) in [6, 6.07) is 8.68. The number of fused-ring (bicyclic) bond motifs is 1. The van der Waals surface area contributed by atoms with Gasteiger partial charge in [0.2, 0.25) is 0 Å². The first-order valence-electron chi connectivity index (χ1n) is 5.72. The molecule has 98 valence electrons. The van der Waals surface area contributed by atoms with Crippen LogP contribution in [0.2, 0.25) is 5.02 Å². The number of rotatable bonds is 3. The van der Waals surface area contributed by atoms with Gasteiger partial charge in [0.1, 0.15) is 5.82 Å². The van der Waals surface area contributed by atoms with Crippen LogP contribution in [0.15, 0.2) is 35.7 Å². The van der Waals surface area contributed by atoms with Gasteiger partial charge in [0.25, 0.3) is 0 Å². The summed E-state index contributed by atoms with van der Waals surface area (Å²) in [6.07, 6.45) is -0.216. The highest BCUT2D eigenvalue weighted by Crippen LogP contribution is 2.34. The van der Waals surface area contributed by atoms with Crippen LogP contribution in [0, 0.1) is 5.82 Å². The first-order chi connectivity index (χ1) is 9.13. The van der Waals surface area contributed by atoms with E-state index in [4.69, 9.17) is 11.6 Å². The van der Waals surface area contributed by atoms with Crippen molar-refractivity contribution in [2.75, 3.05) is 0 Å². The lowest BCUT2D eigenvalue weighted by Crippen LogP contribution is -1.99. The molecule has 1 N–H and O–H groups in total. The van der Waals surface area contributed by atoms with Crippen LogP contribution in [0.25, 0.3) is 9.40 Å². The van der Waals surface area contributed by atoms with Gasteiger partial charge >= 0.3 is 0 Å². The molecule has 0 spiro atoms. The van der Waals surface area contributed by atoms with E-state index in [1.807, 2.05) is 17.5 Å². The summed E-state index contributed by atoms with van der Waals surface area (Å²) in [4.78, 5) is 0.914. The van der Waals surface area contributed by atoms with E-state index in [9.17, 15) is 9.50 Å². The molecule has 2 heterocycles. The second-order valence-electron chi connectivity index (χ2n) is 4.27. The summed E-state index contributed by atoms with van der Waals surface area (Å²) in [5.41, 5.74) is 0.742. The fourth-order valence-corrected chi connectivity index (χ4v) is 4.16. The predicted octanol–water partition coefficient (Wildman–Crippen LogP) is 5.03. The number of aliphatic hydroxyl groups is 1. The molecule has 0 aliphatic heterocycles. The zero-order valence-electron chi connectivity index (χ0n) is 9.77. The molecular weight excluding hydrogens is 303 g/mol. The lowest BCUT2D eigenvalue weighted by molar-refractivity contribution is 0.182. The smallest absolute Gasteiger partial charge is 0.142 e. The minimum absolute atomic E-state index is 0.106. The molecule has 0 saturated heterocycles. The second kappa shape index (κ2) is 5.21. The lowest BCUT2D eigenvalue weighted by atomic mass is 10.1. The maximum atomic E-state index is 13.3. The summed E-state index contributed by atoms with van der Waals surface area (Å²) in [7, 11) is 0. The Bertz CT molecular complexity index is 691. The Morgan fingerprint density at radius 3 is 2.79 bits per heavy atom. The maximum absolute atomic E-state index is 13.3. The van der Waals surface area contributed by atoms with Gasteiger partial charge in [-0.3, -0.25) is 0 Å². The molecule has 1 atom stereocenters. The second-order valence-corrected chi connectivity index (χ2v) is 6.74. The van der Waals surface area contributed by atoms with Gasteiger partial charge in [-0.1, -0.05) is 17.7 Å². The standard InChI is InChI=1S/C14H10ClFOS2/c15-9-2-1-8(5-10(9)16)6-11(17)13-7-14-12(19-13)3-4-18-14/h1-5,7,11,17H,6H2. The van der Waals surface area contributed by atoms with Crippen LogP contribution in [0.5, 0.6) is 0 Å². The molecule has 3 aromatic rings. The Morgan fingerprint density at radius 2 is 2.05 bits per heavy atom. The lowest BCUT2D eigenvalue weighted by Gasteiger charge is -2.08. The monoisotopic (exact) mass is 312 g/mol. The SMILES string of the molecule is OC(Cc1ccc(Cl)c(F)c1)c1cc2sccc2s1. The molecule has 2 aromatic heterocycles. The van der Waals surface area contributed by atoms with E-state index in [1.54, 1.807) is 28.7 Å². The summed E-state index contributed by atoms with van der Waals surface area (Å²) < 4.78 is 15.7. The van der Waals surface area contributed by atoms with Gasteiger partial charge in [-0.25, -0.2) is 4.39 Å². The third-order valence-corrected chi connectivity index (χ3v) is 5.40. The van der Waals surface area contributed by atoms with Crippen molar-refractivity contribution in [3.63, 3.8) is 0 Å². The van der Waals surface area contributed by atoms with Gasteiger partial charge in [0.15, 0.2) is 0 Å². The van der Waals surface area contributed by atoms with E-state index >= 15 is 0 Å². The van der Waals surface area contributed by atoms with Crippen molar-refractivity contribution in [3.8, 4) is 0 Å². The summed E-state index contributed by atoms with van der Waals surface area (Å²) >= 11 is 8.88. The van der Waals surface area contributed by atoms with Gasteiger partial charge in [0.05, 0.1) is 11.1 Å². The van der Waals surface area contributed by atoms with Crippen LogP contribution in [-0.4, -0.2) is 5.11 Å². The number of hydrogen-bond acceptors (Lipinski definition) is 3. The van der Waals surface area contributed by atoms with Crippen molar-refractivity contribution in [1.82, 2.24) is 0 Å². The molecule has 0 bridgehead atoms. The van der Waals surface area contributed by atoms with Crippen molar-refractivity contribution in [2.24, 2.45) is 0 Å². The minimum atomic E-state index is -0.606. The molecule has 5 heteroatoms. The van der Waals surface area contributed by atoms with E-state index in [0.717, 1.165) is 10.4 Å². The number of thiophene rings is 2. The molecule has 0 aliphatic rings. The quantitative estimate of drug-likeness (QED) is 0.719. The fourth-order valence-electron chi connectivity index (χ4n) is 1.94. The van der Waals surface area contributed by atoms with E-state index in [1.165, 1.54) is 21.5 Å². The molecule has 0 saturated carbocycles. The van der Waals surface area contributed by atoms with Gasteiger partial charge in [-0.2, -0.15) is 0 Å². The van der Waals surface area contributed by atoms with Crippen molar-refractivity contribution in [2.45, 2.75) is 12.5 Å². The van der Waals surface area contributed by atoms with Crippen LogP contribution < -0.4 is 0 Å². The summed E-state index contributed by atoms with van der Waals surface area (Å²) in [5, 5.41) is 12.4. The Morgan fingerprint density at radius 1 is 1.21 bits per heavy atom. The third-order valence-electron chi connectivity index (χ3n) is 2.90. The fraction of sp³-hybridized carbons (Fsp3) is 0.143. The molecule has 0 amide bonds. The molecule has 0 aliphatic carbocycles. The Labute approximate surface area is 122 Å². The van der Waals surface area contributed by atoms with Gasteiger partial charge in [-0.05, 0) is 35.2 Å². The molecule has 1 unspecified atom stereocenters. The van der Waals surface area contributed by atoms with Gasteiger partial charge in [0, 0.05) is 20.7 Å². The predicted molar refractivity (Wildman–Crippen MR) is 79.8 cm³/mol. The highest BCUT2D eigenvalue weighted by Gasteiger charge is 2.13. The van der Waals surface area contributed by atoms with Crippen LogP contribution in [0.4, 0.5) is 4.39 Å². The van der Waals surface area contributed by atoms with E-state index < -0.39 is 11.9 Å². The molecule has 3 rings (SSSR count). The third kappa shape index (κ3) is 2.67. The highest BCUT2D eigenvalue weighted by atomic mass is 35.5. The normalized spacial score (nSPS) is 13.0. The number of halogens is 2. The van der Waals surface area contributed by atoms with E-state index in [2.05, 4.69) is 0 Å². The van der Waals surface area contributed by atoms with Gasteiger partial charge in [-0.15, -0.1) is 22.7 Å². The molecular formula is C14H10ClFOS2. The summed E-state index contributed by atoms with van der Waals surface area (Å²) in [5.74, 6) is -0.446. The highest BCUT2D eigenvalue weighted by molar-refractivity contribution is 7.26. The zero-order valence-corrected chi connectivity index (χ0v) is 12.2. The van der Waals surface area contributed by atoms with Crippen molar-refractivity contribution in [3.05, 3.63) is 57.0 Å². The Kier molecular flexibility index (Phi) is 3.58. The van der Waals surface area contributed by atoms with E-state index in [0.29, 0.717) is 6.42 Å². The largest absolute Gasteiger partial charge is 0.387 e. The molecule has 0 radical (unpaired) electrons. The van der Waals surface area contributed by atoms with Crippen molar-refractivity contribution >= 4 is 43.7 Å². The summed E-state index contributed by atoms with van der Waals surface area (Å²) in [6.45, 7) is 0.